The molecular formula is C4H11ClN2. The molecule has 0 rings (SSSR count). The van der Waals surface area contributed by atoms with Gasteiger partial charge in [-0.05, 0) is 0 Å². The molecule has 0 heterocycles. The Balaban J connectivity index is 0. The van der Waals surface area contributed by atoms with E-state index in [9.17, 15) is 0 Å². The summed E-state index contributed by atoms with van der Waals surface area (Å²) in [5.41, 5.74) is 0. The first kappa shape index (κ1) is 9.90. The fraction of sp³-hybridized carbons (Fsp3) is 0.750. The molecule has 0 fully saturated rings. The van der Waals surface area contributed by atoms with Crippen LogP contribution in [0.5, 0.6) is 0 Å². The quantitative estimate of drug-likeness (QED) is 0.275. The van der Waals surface area contributed by atoms with Crippen molar-refractivity contribution in [1.82, 2.24) is 5.01 Å². The number of rotatable bonds is 1. The van der Waals surface area contributed by atoms with Crippen LogP contribution in [-0.2, 0) is 0 Å². The number of hydrogen-bond acceptors (Lipinski definition) is 1. The maximum absolute atomic E-state index is 2.92. The molecule has 0 aliphatic heterocycles. The first-order chi connectivity index (χ1) is 2.77. The van der Waals surface area contributed by atoms with Gasteiger partial charge in [0.1, 0.15) is 0 Å². The average molecular weight is 123 g/mol. The highest BCUT2D eigenvalue weighted by atomic mass is 35.5. The zero-order valence-corrected chi connectivity index (χ0v) is 5.66. The van der Waals surface area contributed by atoms with Crippen LogP contribution < -0.4 is 17.5 Å². The first-order valence-electron chi connectivity index (χ1n) is 1.98. The summed E-state index contributed by atoms with van der Waals surface area (Å²) in [6, 6.07) is 0. The highest BCUT2D eigenvalue weighted by Gasteiger charge is 1.74. The summed E-state index contributed by atoms with van der Waals surface area (Å²) >= 11 is 0. The summed E-state index contributed by atoms with van der Waals surface area (Å²) in [5, 5.41) is 4.79. The monoisotopic (exact) mass is 122 g/mol. The molecule has 0 unspecified atom stereocenters. The van der Waals surface area contributed by atoms with E-state index < -0.39 is 0 Å². The Kier molecular flexibility index (Phi) is 8.15. The van der Waals surface area contributed by atoms with Crippen molar-refractivity contribution in [1.29, 1.82) is 0 Å². The van der Waals surface area contributed by atoms with Crippen LogP contribution in [0.2, 0.25) is 0 Å². The lowest BCUT2D eigenvalue weighted by atomic mass is 10.9. The number of halogens is 1. The van der Waals surface area contributed by atoms with Crippen LogP contribution in [-0.4, -0.2) is 25.3 Å². The van der Waals surface area contributed by atoms with Crippen LogP contribution in [0.1, 0.15) is 6.92 Å². The van der Waals surface area contributed by atoms with E-state index in [1.807, 2.05) is 32.2 Å². The minimum absolute atomic E-state index is 0. The van der Waals surface area contributed by atoms with Crippen molar-refractivity contribution < 1.29 is 17.5 Å². The van der Waals surface area contributed by atoms with Gasteiger partial charge in [-0.3, -0.25) is 0 Å². The van der Waals surface area contributed by atoms with Gasteiger partial charge < -0.3 is 12.4 Å². The zero-order chi connectivity index (χ0) is 4.99. The third-order valence-electron chi connectivity index (χ3n) is 0.387. The molecule has 0 aliphatic carbocycles. The molecule has 0 aliphatic rings. The molecular weight excluding hydrogens is 112 g/mol. The summed E-state index contributed by atoms with van der Waals surface area (Å²) < 4.78 is 0. The second kappa shape index (κ2) is 5.76. The average Bonchev–Trinajstić information content (AvgIpc) is 1.35. The van der Waals surface area contributed by atoms with Crippen LogP contribution in [0.15, 0.2) is 0 Å². The molecule has 2 nitrogen and oxygen atoms in total. The molecule has 0 aromatic rings. The molecule has 0 aromatic heterocycles. The number of hydrazine groups is 1. The molecule has 0 spiro atoms. The summed E-state index contributed by atoms with van der Waals surface area (Å²) in [6.07, 6.45) is 1.88. The Morgan fingerprint density at radius 2 is 1.86 bits per heavy atom. The zero-order valence-electron chi connectivity index (χ0n) is 4.90. The minimum atomic E-state index is 0. The highest BCUT2D eigenvalue weighted by Crippen LogP contribution is 1.35. The van der Waals surface area contributed by atoms with E-state index in [-0.39, 0.29) is 12.4 Å². The molecule has 0 aromatic carbocycles. The molecule has 0 atom stereocenters. The molecule has 0 radical (unpaired) electrons. The van der Waals surface area contributed by atoms with E-state index in [1.165, 1.54) is 0 Å². The van der Waals surface area contributed by atoms with Crippen LogP contribution in [0.25, 0.3) is 0 Å². The lowest BCUT2D eigenvalue weighted by molar-refractivity contribution is -0.627. The SMILES string of the molecule is CC=[NH+]N(C)C.[Cl-]. The molecule has 0 bridgehead atoms. The van der Waals surface area contributed by atoms with E-state index in [1.54, 1.807) is 0 Å². The van der Waals surface area contributed by atoms with Crippen LogP contribution in [0.4, 0.5) is 0 Å². The Morgan fingerprint density at radius 1 is 1.43 bits per heavy atom. The van der Waals surface area contributed by atoms with Crippen molar-refractivity contribution in [2.24, 2.45) is 0 Å². The predicted molar refractivity (Wildman–Crippen MR) is 26.4 cm³/mol. The van der Waals surface area contributed by atoms with Crippen molar-refractivity contribution in [2.75, 3.05) is 14.1 Å². The van der Waals surface area contributed by atoms with Crippen molar-refractivity contribution in [3.8, 4) is 0 Å². The molecule has 3 heteroatoms. The predicted octanol–water partition coefficient (Wildman–Crippen LogP) is -4.36. The number of nitrogens with zero attached hydrogens (tertiary/aromatic N) is 1. The molecule has 0 saturated heterocycles. The second-order valence-corrected chi connectivity index (χ2v) is 1.31. The Morgan fingerprint density at radius 3 is 1.86 bits per heavy atom. The number of hydrogen-bond donors (Lipinski definition) is 1. The summed E-state index contributed by atoms with van der Waals surface area (Å²) in [7, 11) is 3.89. The van der Waals surface area contributed by atoms with E-state index in [0.717, 1.165) is 0 Å². The Hall–Kier alpha value is -0.240. The van der Waals surface area contributed by atoms with Crippen molar-refractivity contribution in [3.05, 3.63) is 0 Å². The summed E-state index contributed by atoms with van der Waals surface area (Å²) in [4.78, 5) is 0. The van der Waals surface area contributed by atoms with Gasteiger partial charge in [-0.15, -0.1) is 5.10 Å². The van der Waals surface area contributed by atoms with Crippen molar-refractivity contribution in [2.45, 2.75) is 6.92 Å². The smallest absolute Gasteiger partial charge is 0.164 e. The van der Waals surface area contributed by atoms with Gasteiger partial charge in [-0.25, -0.2) is 0 Å². The van der Waals surface area contributed by atoms with Crippen LogP contribution in [0.3, 0.4) is 0 Å². The maximum Gasteiger partial charge on any atom is 0.164 e. The van der Waals surface area contributed by atoms with Gasteiger partial charge in [0.2, 0.25) is 0 Å². The summed E-state index contributed by atoms with van der Waals surface area (Å²) in [5.74, 6) is 0. The third-order valence-corrected chi connectivity index (χ3v) is 0.387. The van der Waals surface area contributed by atoms with Gasteiger partial charge >= 0.3 is 0 Å². The normalized spacial score (nSPS) is 8.43. The van der Waals surface area contributed by atoms with Gasteiger partial charge in [0.05, 0.1) is 14.1 Å². The third kappa shape index (κ3) is 10.7. The molecule has 0 amide bonds. The fourth-order valence-electron chi connectivity index (χ4n) is 0.258. The standard InChI is InChI=1S/C4H10N2.ClH/c1-4-5-6(2)3;/h4H,1-3H3;1H. The summed E-state index contributed by atoms with van der Waals surface area (Å²) in [6.45, 7) is 1.94. The van der Waals surface area contributed by atoms with E-state index >= 15 is 0 Å². The van der Waals surface area contributed by atoms with Crippen LogP contribution in [0, 0.1) is 0 Å². The minimum Gasteiger partial charge on any atom is -1.00 e. The highest BCUT2D eigenvalue weighted by molar-refractivity contribution is 5.45. The van der Waals surface area contributed by atoms with E-state index in [2.05, 4.69) is 5.10 Å². The Labute approximate surface area is 50.6 Å². The molecule has 7 heavy (non-hydrogen) atoms. The Bertz CT molecular complexity index is 51.7. The fourth-order valence-corrected chi connectivity index (χ4v) is 0.258. The maximum atomic E-state index is 2.92. The first-order valence-corrected chi connectivity index (χ1v) is 1.98. The van der Waals surface area contributed by atoms with Gasteiger partial charge in [-0.1, -0.05) is 0 Å². The lowest BCUT2D eigenvalue weighted by Crippen LogP contribution is -3.00. The van der Waals surface area contributed by atoms with E-state index in [4.69, 9.17) is 0 Å². The second-order valence-electron chi connectivity index (χ2n) is 1.31. The largest absolute Gasteiger partial charge is 1.00 e. The van der Waals surface area contributed by atoms with Crippen molar-refractivity contribution >= 4 is 6.21 Å². The van der Waals surface area contributed by atoms with Gasteiger partial charge in [0.25, 0.3) is 0 Å². The molecule has 1 N–H and O–H groups in total. The number of nitrogens with one attached hydrogen (secondary N) is 1. The molecule has 44 valence electrons. The van der Waals surface area contributed by atoms with Gasteiger partial charge in [-0.2, -0.15) is 5.01 Å². The topological polar surface area (TPSA) is 17.2 Å². The van der Waals surface area contributed by atoms with Crippen LogP contribution >= 0.6 is 0 Å². The lowest BCUT2D eigenvalue weighted by Gasteiger charge is -1.90. The van der Waals surface area contributed by atoms with Gasteiger partial charge in [0.15, 0.2) is 6.21 Å². The van der Waals surface area contributed by atoms with E-state index in [0.29, 0.717) is 0 Å². The van der Waals surface area contributed by atoms with Crippen molar-refractivity contribution in [3.63, 3.8) is 0 Å². The van der Waals surface area contributed by atoms with Gasteiger partial charge in [0, 0.05) is 6.92 Å². The molecule has 0 saturated carbocycles. The number of hydrazone groups is 1.